The molecular weight excluding hydrogens is 216 g/mol. The molecule has 7 nitrogen and oxygen atoms in total. The van der Waals surface area contributed by atoms with Crippen molar-refractivity contribution in [1.29, 1.82) is 0 Å². The molecule has 0 aliphatic carbocycles. The summed E-state index contributed by atoms with van der Waals surface area (Å²) in [6, 6.07) is 2.53. The van der Waals surface area contributed by atoms with Crippen molar-refractivity contribution >= 4 is 17.7 Å². The summed E-state index contributed by atoms with van der Waals surface area (Å²) in [6.45, 7) is 0. The second-order valence-corrected chi connectivity index (χ2v) is 2.69. The van der Waals surface area contributed by atoms with Crippen molar-refractivity contribution in [3.63, 3.8) is 0 Å². The van der Waals surface area contributed by atoms with Gasteiger partial charge in [-0.25, -0.2) is 9.78 Å². The highest BCUT2D eigenvalue weighted by Crippen LogP contribution is 2.21. The second kappa shape index (κ2) is 4.87. The molecule has 1 aromatic heterocycles. The lowest BCUT2D eigenvalue weighted by atomic mass is 10.2. The van der Waals surface area contributed by atoms with Crippen LogP contribution in [0.4, 0.5) is 5.69 Å². The second-order valence-electron chi connectivity index (χ2n) is 2.69. The predicted octanol–water partition coefficient (Wildman–Crippen LogP) is 1.10. The van der Waals surface area contributed by atoms with Crippen LogP contribution in [0.2, 0.25) is 0 Å². The Balaban J connectivity index is 3.20. The lowest BCUT2D eigenvalue weighted by molar-refractivity contribution is -0.385. The Morgan fingerprint density at radius 3 is 2.81 bits per heavy atom. The van der Waals surface area contributed by atoms with Crippen LogP contribution in [0.25, 0.3) is 6.08 Å². The first-order valence-electron chi connectivity index (χ1n) is 4.15. The third-order valence-corrected chi connectivity index (χ3v) is 1.67. The first-order chi connectivity index (χ1) is 7.54. The number of aromatic nitrogens is 1. The molecule has 1 rings (SSSR count). The fourth-order valence-electron chi connectivity index (χ4n) is 0.990. The molecule has 1 aromatic rings. The third-order valence-electron chi connectivity index (χ3n) is 1.67. The van der Waals surface area contributed by atoms with Crippen molar-refractivity contribution in [3.05, 3.63) is 34.0 Å². The zero-order valence-corrected chi connectivity index (χ0v) is 8.28. The standard InChI is InChI=1S/C9H8N2O5/c1-16-8-4-3-7(11(14)15)6(10-8)2-5-9(12)13/h2-5H,1H3,(H,12,13). The Morgan fingerprint density at radius 2 is 2.31 bits per heavy atom. The van der Waals surface area contributed by atoms with Crippen LogP contribution in [0.3, 0.4) is 0 Å². The number of carbonyl (C=O) groups is 1. The number of ether oxygens (including phenoxy) is 1. The van der Waals surface area contributed by atoms with Gasteiger partial charge in [0.25, 0.3) is 5.69 Å². The number of aliphatic carboxylic acids is 1. The Kier molecular flexibility index (Phi) is 3.54. The van der Waals surface area contributed by atoms with Crippen molar-refractivity contribution in [2.24, 2.45) is 0 Å². The van der Waals surface area contributed by atoms with Gasteiger partial charge in [-0.1, -0.05) is 0 Å². The highest BCUT2D eigenvalue weighted by molar-refractivity contribution is 5.85. The highest BCUT2D eigenvalue weighted by Gasteiger charge is 2.14. The summed E-state index contributed by atoms with van der Waals surface area (Å²) < 4.78 is 4.78. The number of carboxylic acids is 1. The summed E-state index contributed by atoms with van der Waals surface area (Å²) in [5.74, 6) is -1.03. The van der Waals surface area contributed by atoms with Crippen molar-refractivity contribution in [2.45, 2.75) is 0 Å². The van der Waals surface area contributed by atoms with E-state index in [4.69, 9.17) is 9.84 Å². The number of hydrogen-bond acceptors (Lipinski definition) is 5. The number of rotatable bonds is 4. The quantitative estimate of drug-likeness (QED) is 0.466. The molecule has 0 unspecified atom stereocenters. The Labute approximate surface area is 90.1 Å². The Bertz CT molecular complexity index is 455. The topological polar surface area (TPSA) is 103 Å². The summed E-state index contributed by atoms with van der Waals surface area (Å²) in [6.07, 6.45) is 1.82. The van der Waals surface area contributed by atoms with Gasteiger partial charge in [-0.15, -0.1) is 0 Å². The van der Waals surface area contributed by atoms with Gasteiger partial charge >= 0.3 is 5.97 Å². The minimum absolute atomic E-state index is 0.0632. The third kappa shape index (κ3) is 2.77. The molecule has 7 heteroatoms. The SMILES string of the molecule is COc1ccc([N+](=O)[O-])c(C=CC(=O)O)n1. The molecule has 0 spiro atoms. The monoisotopic (exact) mass is 224 g/mol. The number of nitrogens with zero attached hydrogens (tertiary/aromatic N) is 2. The molecule has 0 saturated carbocycles. The van der Waals surface area contributed by atoms with Crippen LogP contribution in [0.15, 0.2) is 18.2 Å². The summed E-state index contributed by atoms with van der Waals surface area (Å²) in [4.78, 5) is 24.0. The first-order valence-corrected chi connectivity index (χ1v) is 4.15. The first kappa shape index (κ1) is 11.6. The number of nitro groups is 1. The molecule has 0 bridgehead atoms. The maximum absolute atomic E-state index is 10.6. The van der Waals surface area contributed by atoms with Crippen LogP contribution < -0.4 is 4.74 Å². The summed E-state index contributed by atoms with van der Waals surface area (Å²) in [5, 5.41) is 19.0. The molecule has 16 heavy (non-hydrogen) atoms. The smallest absolute Gasteiger partial charge is 0.328 e. The van der Waals surface area contributed by atoms with Gasteiger partial charge in [-0.3, -0.25) is 10.1 Å². The van der Waals surface area contributed by atoms with Crippen LogP contribution in [0, 0.1) is 10.1 Å². The van der Waals surface area contributed by atoms with Crippen molar-refractivity contribution in [2.75, 3.05) is 7.11 Å². The average molecular weight is 224 g/mol. The van der Waals surface area contributed by atoms with Crippen molar-refractivity contribution in [1.82, 2.24) is 4.98 Å². The van der Waals surface area contributed by atoms with Crippen LogP contribution in [0.5, 0.6) is 5.88 Å². The van der Waals surface area contributed by atoms with Gasteiger partial charge < -0.3 is 9.84 Å². The van der Waals surface area contributed by atoms with Crippen molar-refractivity contribution in [3.8, 4) is 5.88 Å². The molecule has 0 amide bonds. The van der Waals surface area contributed by atoms with E-state index in [1.54, 1.807) is 0 Å². The Morgan fingerprint density at radius 1 is 1.62 bits per heavy atom. The number of pyridine rings is 1. The van der Waals surface area contributed by atoms with E-state index in [9.17, 15) is 14.9 Å². The molecule has 0 aliphatic rings. The molecule has 0 atom stereocenters. The molecule has 1 heterocycles. The normalized spacial score (nSPS) is 10.3. The van der Waals surface area contributed by atoms with Gasteiger partial charge in [0.2, 0.25) is 5.88 Å². The number of carboxylic acid groups (broad SMARTS) is 1. The van der Waals surface area contributed by atoms with Gasteiger partial charge in [0.1, 0.15) is 5.69 Å². The lowest BCUT2D eigenvalue weighted by Gasteiger charge is -2.00. The van der Waals surface area contributed by atoms with E-state index in [0.717, 1.165) is 12.2 Å². The number of methoxy groups -OCH3 is 1. The molecule has 84 valence electrons. The zero-order valence-electron chi connectivity index (χ0n) is 8.28. The van der Waals surface area contributed by atoms with Crippen molar-refractivity contribution < 1.29 is 19.6 Å². The van der Waals surface area contributed by atoms with Gasteiger partial charge in [-0.2, -0.15) is 0 Å². The van der Waals surface area contributed by atoms with E-state index in [-0.39, 0.29) is 17.3 Å². The summed E-state index contributed by atoms with van der Waals surface area (Å²) >= 11 is 0. The molecule has 1 N–H and O–H groups in total. The fraction of sp³-hybridized carbons (Fsp3) is 0.111. The van der Waals surface area contributed by atoms with Gasteiger partial charge in [0, 0.05) is 18.2 Å². The van der Waals surface area contributed by atoms with Crippen LogP contribution in [-0.2, 0) is 4.79 Å². The summed E-state index contributed by atoms with van der Waals surface area (Å²) in [7, 11) is 1.36. The maximum atomic E-state index is 10.6. The minimum Gasteiger partial charge on any atom is -0.481 e. The lowest BCUT2D eigenvalue weighted by Crippen LogP contribution is -1.97. The fourth-order valence-corrected chi connectivity index (χ4v) is 0.990. The van der Waals surface area contributed by atoms with E-state index >= 15 is 0 Å². The molecule has 0 saturated heterocycles. The molecular formula is C9H8N2O5. The van der Waals surface area contributed by atoms with Crippen LogP contribution in [-0.4, -0.2) is 28.1 Å². The van der Waals surface area contributed by atoms with E-state index in [0.29, 0.717) is 0 Å². The largest absolute Gasteiger partial charge is 0.481 e. The van der Waals surface area contributed by atoms with E-state index in [2.05, 4.69) is 4.98 Å². The molecule has 0 radical (unpaired) electrons. The van der Waals surface area contributed by atoms with Gasteiger partial charge in [-0.05, 0) is 6.08 Å². The minimum atomic E-state index is -1.21. The van der Waals surface area contributed by atoms with Crippen LogP contribution in [0.1, 0.15) is 5.69 Å². The Hall–Kier alpha value is -2.44. The zero-order chi connectivity index (χ0) is 12.1. The predicted molar refractivity (Wildman–Crippen MR) is 54.1 cm³/mol. The molecule has 0 aliphatic heterocycles. The van der Waals surface area contributed by atoms with Crippen LogP contribution >= 0.6 is 0 Å². The highest BCUT2D eigenvalue weighted by atomic mass is 16.6. The number of hydrogen-bond donors (Lipinski definition) is 1. The maximum Gasteiger partial charge on any atom is 0.328 e. The molecule has 0 aromatic carbocycles. The van der Waals surface area contributed by atoms with E-state index in [1.807, 2.05) is 0 Å². The average Bonchev–Trinajstić information content (AvgIpc) is 2.25. The molecule has 0 fully saturated rings. The van der Waals surface area contributed by atoms with E-state index in [1.165, 1.54) is 19.2 Å². The van der Waals surface area contributed by atoms with E-state index < -0.39 is 10.9 Å². The summed E-state index contributed by atoms with van der Waals surface area (Å²) in [5.41, 5.74) is -0.343. The van der Waals surface area contributed by atoms with Gasteiger partial charge in [0.15, 0.2) is 0 Å². The van der Waals surface area contributed by atoms with Gasteiger partial charge in [0.05, 0.1) is 12.0 Å².